The molecule has 0 aliphatic heterocycles. The topological polar surface area (TPSA) is 26.3 Å². The van der Waals surface area contributed by atoms with Gasteiger partial charge < -0.3 is 4.74 Å². The summed E-state index contributed by atoms with van der Waals surface area (Å²) in [6.45, 7) is 4.21. The van der Waals surface area contributed by atoms with E-state index in [9.17, 15) is 4.79 Å². The number of benzene rings is 1. The zero-order chi connectivity index (χ0) is 13.0. The molecule has 2 aromatic rings. The second-order valence-corrected chi connectivity index (χ2v) is 5.31. The first-order valence-electron chi connectivity index (χ1n) is 6.00. The van der Waals surface area contributed by atoms with E-state index in [4.69, 9.17) is 4.74 Å². The number of ether oxygens (including phenoxy) is 1. The Morgan fingerprint density at radius 3 is 2.50 bits per heavy atom. The summed E-state index contributed by atoms with van der Waals surface area (Å²) in [7, 11) is 0. The predicted molar refractivity (Wildman–Crippen MR) is 74.7 cm³/mol. The van der Waals surface area contributed by atoms with Crippen LogP contribution in [0.3, 0.4) is 0 Å². The Morgan fingerprint density at radius 1 is 1.17 bits per heavy atom. The predicted octanol–water partition coefficient (Wildman–Crippen LogP) is 3.88. The maximum absolute atomic E-state index is 11.9. The van der Waals surface area contributed by atoms with Crippen LogP contribution in [-0.2, 0) is 6.42 Å². The monoisotopic (exact) mass is 260 g/mol. The van der Waals surface area contributed by atoms with Crippen LogP contribution in [0.2, 0.25) is 0 Å². The average molecular weight is 260 g/mol. The van der Waals surface area contributed by atoms with Crippen LogP contribution in [0.4, 0.5) is 0 Å². The van der Waals surface area contributed by atoms with Gasteiger partial charge in [0.2, 0.25) is 5.78 Å². The van der Waals surface area contributed by atoms with Crippen molar-refractivity contribution in [2.75, 3.05) is 6.61 Å². The number of Topliss-reactive ketones (excluding diaryl/α,β-unsaturated/α-hetero) is 1. The third-order valence-corrected chi connectivity index (χ3v) is 3.95. The van der Waals surface area contributed by atoms with Crippen molar-refractivity contribution in [3.05, 3.63) is 51.7 Å². The van der Waals surface area contributed by atoms with Crippen LogP contribution in [0.25, 0.3) is 0 Å². The normalized spacial score (nSPS) is 10.3. The summed E-state index contributed by atoms with van der Waals surface area (Å²) in [5.74, 6) is 0.779. The molecule has 0 amide bonds. The molecule has 0 saturated carbocycles. The molecule has 0 atom stereocenters. The first kappa shape index (κ1) is 12.8. The van der Waals surface area contributed by atoms with Gasteiger partial charge in [-0.1, -0.05) is 24.6 Å². The highest BCUT2D eigenvalue weighted by Gasteiger charge is 2.09. The lowest BCUT2D eigenvalue weighted by molar-refractivity contribution is 0.0925. The zero-order valence-electron chi connectivity index (χ0n) is 10.6. The van der Waals surface area contributed by atoms with Crippen LogP contribution < -0.4 is 4.74 Å². The van der Waals surface area contributed by atoms with Crippen molar-refractivity contribution in [2.45, 2.75) is 20.3 Å². The van der Waals surface area contributed by atoms with Crippen LogP contribution in [0.1, 0.15) is 27.0 Å². The van der Waals surface area contributed by atoms with Crippen LogP contribution in [0.15, 0.2) is 36.4 Å². The summed E-state index contributed by atoms with van der Waals surface area (Å²) < 4.78 is 5.48. The summed E-state index contributed by atoms with van der Waals surface area (Å²) in [6.07, 6.45) is 0.969. The smallest absolute Gasteiger partial charge is 0.210 e. The Morgan fingerprint density at radius 2 is 1.89 bits per heavy atom. The Balaban J connectivity index is 1.93. The maximum atomic E-state index is 11.9. The fraction of sp³-hybridized carbons (Fsp3) is 0.267. The van der Waals surface area contributed by atoms with Gasteiger partial charge in [0.15, 0.2) is 6.61 Å². The van der Waals surface area contributed by atoms with E-state index >= 15 is 0 Å². The molecule has 0 radical (unpaired) electrons. The highest BCUT2D eigenvalue weighted by Crippen LogP contribution is 2.18. The lowest BCUT2D eigenvalue weighted by Crippen LogP contribution is -2.09. The molecule has 18 heavy (non-hydrogen) atoms. The molecular weight excluding hydrogens is 244 g/mol. The second kappa shape index (κ2) is 5.83. The number of hydrogen-bond donors (Lipinski definition) is 0. The van der Waals surface area contributed by atoms with Crippen molar-refractivity contribution < 1.29 is 9.53 Å². The minimum absolute atomic E-state index is 0.0419. The number of ketones is 1. The summed E-state index contributed by atoms with van der Waals surface area (Å²) in [6, 6.07) is 11.6. The van der Waals surface area contributed by atoms with Gasteiger partial charge in [-0.05, 0) is 37.6 Å². The fourth-order valence-corrected chi connectivity index (χ4v) is 2.44. The minimum Gasteiger partial charge on any atom is -0.485 e. The van der Waals surface area contributed by atoms with E-state index in [0.717, 1.165) is 17.0 Å². The Kier molecular flexibility index (Phi) is 4.15. The van der Waals surface area contributed by atoms with Gasteiger partial charge in [-0.25, -0.2) is 0 Å². The molecule has 3 heteroatoms. The number of hydrogen-bond acceptors (Lipinski definition) is 3. The maximum Gasteiger partial charge on any atom is 0.210 e. The molecule has 0 fully saturated rings. The first-order valence-corrected chi connectivity index (χ1v) is 6.82. The molecule has 0 saturated heterocycles. The Hall–Kier alpha value is -1.61. The third kappa shape index (κ3) is 3.20. The van der Waals surface area contributed by atoms with Gasteiger partial charge in [0.05, 0.1) is 4.88 Å². The van der Waals surface area contributed by atoms with Crippen LogP contribution in [0, 0.1) is 6.92 Å². The molecule has 0 spiro atoms. The molecule has 0 N–H and O–H groups in total. The van der Waals surface area contributed by atoms with Crippen molar-refractivity contribution in [2.24, 2.45) is 0 Å². The summed E-state index contributed by atoms with van der Waals surface area (Å²) >= 11 is 1.55. The van der Waals surface area contributed by atoms with Gasteiger partial charge in [-0.2, -0.15) is 0 Å². The van der Waals surface area contributed by atoms with E-state index in [2.05, 4.69) is 6.92 Å². The van der Waals surface area contributed by atoms with Crippen molar-refractivity contribution in [3.63, 3.8) is 0 Å². The molecule has 1 aromatic carbocycles. The molecule has 0 aliphatic rings. The van der Waals surface area contributed by atoms with Crippen LogP contribution >= 0.6 is 11.3 Å². The van der Waals surface area contributed by atoms with Crippen LogP contribution in [-0.4, -0.2) is 12.4 Å². The van der Waals surface area contributed by atoms with Crippen molar-refractivity contribution in [1.29, 1.82) is 0 Å². The second-order valence-electron chi connectivity index (χ2n) is 4.14. The Labute approximate surface area is 111 Å². The summed E-state index contributed by atoms with van der Waals surface area (Å²) in [4.78, 5) is 13.9. The molecule has 2 rings (SSSR count). The third-order valence-electron chi connectivity index (χ3n) is 2.68. The van der Waals surface area contributed by atoms with Gasteiger partial charge in [0, 0.05) is 4.88 Å². The van der Waals surface area contributed by atoms with Crippen molar-refractivity contribution >= 4 is 17.1 Å². The van der Waals surface area contributed by atoms with Crippen molar-refractivity contribution in [1.82, 2.24) is 0 Å². The van der Waals surface area contributed by atoms with Gasteiger partial charge >= 0.3 is 0 Å². The number of carbonyl (C=O) groups excluding carboxylic acids is 1. The van der Waals surface area contributed by atoms with Gasteiger partial charge in [-0.3, -0.25) is 4.79 Å². The van der Waals surface area contributed by atoms with E-state index in [1.54, 1.807) is 11.3 Å². The van der Waals surface area contributed by atoms with Crippen molar-refractivity contribution in [3.8, 4) is 5.75 Å². The SMILES string of the molecule is CCc1ccc(C(=O)COc2ccc(C)cc2)s1. The van der Waals surface area contributed by atoms with E-state index < -0.39 is 0 Å². The van der Waals surface area contributed by atoms with E-state index in [0.29, 0.717) is 0 Å². The van der Waals surface area contributed by atoms with Gasteiger partial charge in [-0.15, -0.1) is 11.3 Å². The molecule has 1 heterocycles. The van der Waals surface area contributed by atoms with E-state index in [1.807, 2.05) is 43.3 Å². The lowest BCUT2D eigenvalue weighted by atomic mass is 10.2. The fourth-order valence-electron chi connectivity index (χ4n) is 1.57. The van der Waals surface area contributed by atoms with Gasteiger partial charge in [0.1, 0.15) is 5.75 Å². The minimum atomic E-state index is 0.0419. The first-order chi connectivity index (χ1) is 8.69. The molecule has 0 aliphatic carbocycles. The zero-order valence-corrected chi connectivity index (χ0v) is 11.4. The quantitative estimate of drug-likeness (QED) is 0.763. The molecule has 2 nitrogen and oxygen atoms in total. The summed E-state index contributed by atoms with van der Waals surface area (Å²) in [5, 5.41) is 0. The molecule has 1 aromatic heterocycles. The molecule has 0 bridgehead atoms. The number of carbonyl (C=O) groups is 1. The standard InChI is InChI=1S/C15H16O2S/c1-3-13-8-9-15(18-13)14(16)10-17-12-6-4-11(2)5-7-12/h4-9H,3,10H2,1-2H3. The molecule has 94 valence electrons. The number of aryl methyl sites for hydroxylation is 2. The largest absolute Gasteiger partial charge is 0.485 e. The highest BCUT2D eigenvalue weighted by molar-refractivity contribution is 7.14. The van der Waals surface area contributed by atoms with E-state index in [-0.39, 0.29) is 12.4 Å². The lowest BCUT2D eigenvalue weighted by Gasteiger charge is -2.04. The average Bonchev–Trinajstić information content (AvgIpc) is 2.86. The summed E-state index contributed by atoms with van der Waals surface area (Å²) in [5.41, 5.74) is 1.18. The number of thiophene rings is 1. The highest BCUT2D eigenvalue weighted by atomic mass is 32.1. The molecule has 0 unspecified atom stereocenters. The van der Waals surface area contributed by atoms with Gasteiger partial charge in [0.25, 0.3) is 0 Å². The molecular formula is C15H16O2S. The van der Waals surface area contributed by atoms with E-state index in [1.165, 1.54) is 10.4 Å². The number of rotatable bonds is 5. The Bertz CT molecular complexity index is 526. The van der Waals surface area contributed by atoms with Crippen LogP contribution in [0.5, 0.6) is 5.75 Å².